The lowest BCUT2D eigenvalue weighted by atomic mass is 10.2. The monoisotopic (exact) mass is 281 g/mol. The highest BCUT2D eigenvalue weighted by molar-refractivity contribution is 6.38. The molecule has 7 nitrogen and oxygen atoms in total. The standard InChI is InChI=1S/C13H19N3O4/c1-13(2,3)20-12(18)14-10(11(17)19-5)8-9-6-7-16(4)15-9/h6-7H,8H2,1-5H3. The van der Waals surface area contributed by atoms with Crippen molar-refractivity contribution >= 4 is 17.8 Å². The van der Waals surface area contributed by atoms with Crippen LogP contribution in [-0.4, -0.2) is 40.3 Å². The van der Waals surface area contributed by atoms with E-state index in [4.69, 9.17) is 4.74 Å². The van der Waals surface area contributed by atoms with Crippen molar-refractivity contribution in [3.63, 3.8) is 0 Å². The number of amides is 1. The third-order valence-electron chi connectivity index (χ3n) is 2.16. The van der Waals surface area contributed by atoms with E-state index in [2.05, 4.69) is 14.8 Å². The van der Waals surface area contributed by atoms with E-state index in [1.807, 2.05) is 0 Å². The van der Waals surface area contributed by atoms with Crippen LogP contribution in [0.2, 0.25) is 0 Å². The Labute approximate surface area is 117 Å². The second-order valence-electron chi connectivity index (χ2n) is 5.19. The fourth-order valence-electron chi connectivity index (χ4n) is 1.40. The predicted molar refractivity (Wildman–Crippen MR) is 72.6 cm³/mol. The fraction of sp³-hybridized carbons (Fsp3) is 0.538. The SMILES string of the molecule is COC(=O)C(Cc1ccn(C)n1)=NC(=O)OC(C)(C)C. The molecule has 7 heteroatoms. The highest BCUT2D eigenvalue weighted by Gasteiger charge is 2.20. The summed E-state index contributed by atoms with van der Waals surface area (Å²) < 4.78 is 11.3. The second-order valence-corrected chi connectivity index (χ2v) is 5.19. The number of esters is 1. The first-order valence-corrected chi connectivity index (χ1v) is 6.08. The summed E-state index contributed by atoms with van der Waals surface area (Å²) in [6.45, 7) is 5.16. The van der Waals surface area contributed by atoms with Crippen molar-refractivity contribution in [3.05, 3.63) is 18.0 Å². The number of aliphatic imine (C=N–C) groups is 1. The molecule has 0 aliphatic heterocycles. The molecule has 1 rings (SSSR count). The van der Waals surface area contributed by atoms with E-state index in [0.29, 0.717) is 5.69 Å². The van der Waals surface area contributed by atoms with Gasteiger partial charge in [0, 0.05) is 19.7 Å². The molecule has 110 valence electrons. The minimum atomic E-state index is -0.825. The third kappa shape index (κ3) is 5.21. The maximum Gasteiger partial charge on any atom is 0.434 e. The van der Waals surface area contributed by atoms with Gasteiger partial charge in [-0.1, -0.05) is 0 Å². The van der Waals surface area contributed by atoms with Gasteiger partial charge in [0.15, 0.2) is 0 Å². The van der Waals surface area contributed by atoms with Gasteiger partial charge < -0.3 is 9.47 Å². The molecule has 1 aromatic rings. The van der Waals surface area contributed by atoms with Crippen LogP contribution in [0.3, 0.4) is 0 Å². The topological polar surface area (TPSA) is 82.8 Å². The van der Waals surface area contributed by atoms with Crippen molar-refractivity contribution in [3.8, 4) is 0 Å². The molecule has 0 atom stereocenters. The molecular weight excluding hydrogens is 262 g/mol. The van der Waals surface area contributed by atoms with E-state index < -0.39 is 17.7 Å². The lowest BCUT2D eigenvalue weighted by Gasteiger charge is -2.17. The number of hydrogen-bond acceptors (Lipinski definition) is 5. The summed E-state index contributed by atoms with van der Waals surface area (Å²) in [6.07, 6.45) is 1.01. The van der Waals surface area contributed by atoms with Gasteiger partial charge in [0.05, 0.1) is 12.8 Å². The molecule has 0 bridgehead atoms. The minimum absolute atomic E-state index is 0.0412. The Balaban J connectivity index is 2.89. The van der Waals surface area contributed by atoms with Crippen molar-refractivity contribution in [2.75, 3.05) is 7.11 Å². The van der Waals surface area contributed by atoms with Crippen LogP contribution in [0.4, 0.5) is 4.79 Å². The van der Waals surface area contributed by atoms with Crippen molar-refractivity contribution in [1.29, 1.82) is 0 Å². The number of nitrogens with zero attached hydrogens (tertiary/aromatic N) is 3. The summed E-state index contributed by atoms with van der Waals surface area (Å²) in [4.78, 5) is 26.9. The molecule has 0 spiro atoms. The molecule has 1 heterocycles. The molecule has 1 aromatic heterocycles. The van der Waals surface area contributed by atoms with Gasteiger partial charge in [0.2, 0.25) is 0 Å². The van der Waals surface area contributed by atoms with Crippen molar-refractivity contribution in [1.82, 2.24) is 9.78 Å². The zero-order valence-corrected chi connectivity index (χ0v) is 12.3. The van der Waals surface area contributed by atoms with Crippen molar-refractivity contribution in [2.45, 2.75) is 32.8 Å². The Morgan fingerprint density at radius 2 is 2.05 bits per heavy atom. The molecule has 0 N–H and O–H groups in total. The largest absolute Gasteiger partial charge is 0.465 e. The Kier molecular flexibility index (Phi) is 5.01. The maximum absolute atomic E-state index is 11.6. The minimum Gasteiger partial charge on any atom is -0.465 e. The predicted octanol–water partition coefficient (Wildman–Crippen LogP) is 1.51. The van der Waals surface area contributed by atoms with Gasteiger partial charge in [-0.2, -0.15) is 10.1 Å². The fourth-order valence-corrected chi connectivity index (χ4v) is 1.40. The van der Waals surface area contributed by atoms with Crippen LogP contribution < -0.4 is 0 Å². The lowest BCUT2D eigenvalue weighted by Crippen LogP contribution is -2.25. The van der Waals surface area contributed by atoms with Gasteiger partial charge in [-0.15, -0.1) is 0 Å². The number of carbonyl (C=O) groups is 2. The van der Waals surface area contributed by atoms with Crippen molar-refractivity contribution in [2.24, 2.45) is 12.0 Å². The number of aromatic nitrogens is 2. The van der Waals surface area contributed by atoms with Crippen LogP contribution in [-0.2, 0) is 27.7 Å². The smallest absolute Gasteiger partial charge is 0.434 e. The summed E-state index contributed by atoms with van der Waals surface area (Å²) in [5.41, 5.74) is -0.104. The van der Waals surface area contributed by atoms with E-state index in [1.54, 1.807) is 44.8 Å². The summed E-state index contributed by atoms with van der Waals surface area (Å²) in [6, 6.07) is 1.73. The van der Waals surface area contributed by atoms with E-state index >= 15 is 0 Å². The molecular formula is C13H19N3O4. The van der Waals surface area contributed by atoms with E-state index in [-0.39, 0.29) is 12.1 Å². The van der Waals surface area contributed by atoms with Gasteiger partial charge >= 0.3 is 12.1 Å². The zero-order valence-electron chi connectivity index (χ0n) is 12.3. The van der Waals surface area contributed by atoms with Gasteiger partial charge in [0.1, 0.15) is 11.3 Å². The normalized spacial score (nSPS) is 12.2. The Morgan fingerprint density at radius 3 is 2.50 bits per heavy atom. The average molecular weight is 281 g/mol. The molecule has 0 aromatic carbocycles. The first-order chi connectivity index (χ1) is 9.21. The van der Waals surface area contributed by atoms with Crippen LogP contribution in [0, 0.1) is 0 Å². The van der Waals surface area contributed by atoms with Gasteiger partial charge in [0.25, 0.3) is 0 Å². The van der Waals surface area contributed by atoms with Gasteiger partial charge in [-0.05, 0) is 26.8 Å². The molecule has 0 radical (unpaired) electrons. The van der Waals surface area contributed by atoms with Crippen LogP contribution in [0.15, 0.2) is 17.3 Å². The quantitative estimate of drug-likeness (QED) is 0.619. The number of aryl methyl sites for hydroxylation is 1. The summed E-state index contributed by atoms with van der Waals surface area (Å²) >= 11 is 0. The Hall–Kier alpha value is -2.18. The Bertz CT molecular complexity index is 526. The Morgan fingerprint density at radius 1 is 1.40 bits per heavy atom. The molecule has 1 amide bonds. The molecule has 0 aliphatic carbocycles. The summed E-state index contributed by atoms with van der Waals surface area (Å²) in [7, 11) is 2.98. The summed E-state index contributed by atoms with van der Waals surface area (Å²) in [5.74, 6) is -0.679. The highest BCUT2D eigenvalue weighted by atomic mass is 16.6. The molecule has 0 saturated heterocycles. The summed E-state index contributed by atoms with van der Waals surface area (Å²) in [5, 5.41) is 4.12. The van der Waals surface area contributed by atoms with E-state index in [9.17, 15) is 9.59 Å². The average Bonchev–Trinajstić information content (AvgIpc) is 2.70. The maximum atomic E-state index is 11.6. The lowest BCUT2D eigenvalue weighted by molar-refractivity contribution is -0.132. The van der Waals surface area contributed by atoms with E-state index in [1.165, 1.54) is 7.11 Å². The molecule has 0 unspecified atom stereocenters. The first kappa shape index (κ1) is 15.9. The van der Waals surface area contributed by atoms with Crippen LogP contribution in [0.1, 0.15) is 26.5 Å². The number of methoxy groups -OCH3 is 1. The third-order valence-corrected chi connectivity index (χ3v) is 2.16. The number of carbonyl (C=O) groups excluding carboxylic acids is 2. The van der Waals surface area contributed by atoms with Gasteiger partial charge in [-0.3, -0.25) is 4.68 Å². The van der Waals surface area contributed by atoms with Gasteiger partial charge in [-0.25, -0.2) is 9.59 Å². The van der Waals surface area contributed by atoms with Crippen LogP contribution >= 0.6 is 0 Å². The molecule has 0 fully saturated rings. The van der Waals surface area contributed by atoms with Crippen LogP contribution in [0.5, 0.6) is 0 Å². The highest BCUT2D eigenvalue weighted by Crippen LogP contribution is 2.09. The van der Waals surface area contributed by atoms with E-state index in [0.717, 1.165) is 0 Å². The molecule has 0 saturated carbocycles. The zero-order chi connectivity index (χ0) is 15.3. The van der Waals surface area contributed by atoms with Crippen LogP contribution in [0.25, 0.3) is 0 Å². The number of hydrogen-bond donors (Lipinski definition) is 0. The number of rotatable bonds is 3. The number of ether oxygens (including phenoxy) is 2. The molecule has 20 heavy (non-hydrogen) atoms. The van der Waals surface area contributed by atoms with Crippen molar-refractivity contribution < 1.29 is 19.1 Å². The second kappa shape index (κ2) is 6.31. The molecule has 0 aliphatic rings. The first-order valence-electron chi connectivity index (χ1n) is 6.08.